The molecule has 0 radical (unpaired) electrons. The zero-order valence-electron chi connectivity index (χ0n) is 13.9. The van der Waals surface area contributed by atoms with Crippen molar-refractivity contribution in [2.45, 2.75) is 43.2 Å². The molecule has 2 aliphatic rings. The number of hydrogen-bond acceptors (Lipinski definition) is 5. The van der Waals surface area contributed by atoms with Crippen LogP contribution in [0.15, 0.2) is 21.5 Å². The van der Waals surface area contributed by atoms with E-state index in [4.69, 9.17) is 9.47 Å². The minimum absolute atomic E-state index is 0.104. The molecular weight excluding hydrogens is 396 g/mol. The first-order chi connectivity index (χ1) is 11.5. The number of rotatable bonds is 5. The van der Waals surface area contributed by atoms with E-state index in [0.29, 0.717) is 31.2 Å². The van der Waals surface area contributed by atoms with Crippen molar-refractivity contribution < 1.29 is 17.9 Å². The average Bonchev–Trinajstić information content (AvgIpc) is 2.58. The van der Waals surface area contributed by atoms with Crippen LogP contribution in [0.4, 0.5) is 5.69 Å². The smallest absolute Gasteiger partial charge is 0.243 e. The molecule has 2 heterocycles. The summed E-state index contributed by atoms with van der Waals surface area (Å²) in [7, 11) is -2.06. The maximum atomic E-state index is 12.9. The number of unbranched alkanes of at least 4 members (excludes halogenated alkanes) is 1. The van der Waals surface area contributed by atoms with Crippen LogP contribution in [0.3, 0.4) is 0 Å². The maximum absolute atomic E-state index is 12.9. The largest absolute Gasteiger partial charge is 0.496 e. The molecule has 8 heteroatoms. The van der Waals surface area contributed by atoms with Gasteiger partial charge in [0, 0.05) is 18.7 Å². The van der Waals surface area contributed by atoms with Crippen LogP contribution >= 0.6 is 15.9 Å². The van der Waals surface area contributed by atoms with Crippen LogP contribution in [0.1, 0.15) is 26.2 Å². The molecule has 0 aliphatic carbocycles. The zero-order valence-corrected chi connectivity index (χ0v) is 16.3. The second-order valence-corrected chi connectivity index (χ2v) is 8.80. The van der Waals surface area contributed by atoms with Gasteiger partial charge in [-0.15, -0.1) is 0 Å². The molecule has 3 rings (SSSR count). The molecule has 0 spiro atoms. The highest BCUT2D eigenvalue weighted by Crippen LogP contribution is 2.39. The van der Waals surface area contributed by atoms with Gasteiger partial charge in [-0.3, -0.25) is 0 Å². The number of nitrogens with zero attached hydrogens (tertiary/aromatic N) is 1. The van der Waals surface area contributed by atoms with Gasteiger partial charge in [0.2, 0.25) is 10.0 Å². The standard InChI is InChI=1S/C16H23BrN2O4S/c1-3-4-5-11-8-19(12-9-23-10-12)14-6-13(17)15(22-2)7-16(14)24(20,21)18-11/h6-7,11-12,18H,3-5,8-10H2,1-2H3. The summed E-state index contributed by atoms with van der Waals surface area (Å²) in [6.45, 7) is 4.02. The number of halogens is 1. The minimum Gasteiger partial charge on any atom is -0.496 e. The monoisotopic (exact) mass is 418 g/mol. The van der Waals surface area contributed by atoms with Crippen LogP contribution in [0.2, 0.25) is 0 Å². The first-order valence-corrected chi connectivity index (χ1v) is 10.5. The van der Waals surface area contributed by atoms with Gasteiger partial charge in [0.05, 0.1) is 36.5 Å². The molecule has 2 aliphatic heterocycles. The Morgan fingerprint density at radius 3 is 2.75 bits per heavy atom. The Bertz CT molecular complexity index is 706. The fourth-order valence-electron chi connectivity index (χ4n) is 3.13. The van der Waals surface area contributed by atoms with Crippen molar-refractivity contribution in [2.24, 2.45) is 0 Å². The van der Waals surface area contributed by atoms with Crippen molar-refractivity contribution in [3.63, 3.8) is 0 Å². The highest BCUT2D eigenvalue weighted by Gasteiger charge is 2.37. The molecule has 1 fully saturated rings. The van der Waals surface area contributed by atoms with E-state index in [2.05, 4.69) is 32.5 Å². The Morgan fingerprint density at radius 1 is 1.42 bits per heavy atom. The summed E-state index contributed by atoms with van der Waals surface area (Å²) in [6, 6.07) is 3.54. The van der Waals surface area contributed by atoms with E-state index in [9.17, 15) is 8.42 Å². The van der Waals surface area contributed by atoms with E-state index in [1.165, 1.54) is 7.11 Å². The predicted octanol–water partition coefficient (Wildman–Crippen LogP) is 2.51. The predicted molar refractivity (Wildman–Crippen MR) is 96.3 cm³/mol. The molecular formula is C16H23BrN2O4S. The summed E-state index contributed by atoms with van der Waals surface area (Å²) >= 11 is 3.47. The van der Waals surface area contributed by atoms with Gasteiger partial charge in [0.15, 0.2) is 0 Å². The van der Waals surface area contributed by atoms with Gasteiger partial charge in [0.25, 0.3) is 0 Å². The zero-order chi connectivity index (χ0) is 17.3. The van der Waals surface area contributed by atoms with Crippen LogP contribution in [0.5, 0.6) is 5.75 Å². The normalized spacial score (nSPS) is 23.3. The van der Waals surface area contributed by atoms with Crippen LogP contribution in [-0.2, 0) is 14.8 Å². The van der Waals surface area contributed by atoms with E-state index < -0.39 is 10.0 Å². The van der Waals surface area contributed by atoms with Gasteiger partial charge < -0.3 is 14.4 Å². The quantitative estimate of drug-likeness (QED) is 0.795. The van der Waals surface area contributed by atoms with Gasteiger partial charge in [-0.25, -0.2) is 13.1 Å². The molecule has 134 valence electrons. The van der Waals surface area contributed by atoms with E-state index in [1.807, 2.05) is 6.07 Å². The molecule has 0 aromatic heterocycles. The SMILES string of the molecule is CCCCC1CN(C2COC2)c2cc(Br)c(OC)cc2S(=O)(=O)N1. The van der Waals surface area contributed by atoms with Gasteiger partial charge in [0.1, 0.15) is 10.6 Å². The first-order valence-electron chi connectivity index (χ1n) is 8.20. The number of hydrogen-bond donors (Lipinski definition) is 1. The van der Waals surface area contributed by atoms with Crippen LogP contribution < -0.4 is 14.4 Å². The van der Waals surface area contributed by atoms with E-state index in [0.717, 1.165) is 23.7 Å². The molecule has 6 nitrogen and oxygen atoms in total. The third kappa shape index (κ3) is 3.42. The number of methoxy groups -OCH3 is 1. The van der Waals surface area contributed by atoms with E-state index in [-0.39, 0.29) is 17.0 Å². The molecule has 1 unspecified atom stereocenters. The maximum Gasteiger partial charge on any atom is 0.243 e. The van der Waals surface area contributed by atoms with Crippen molar-refractivity contribution in [3.05, 3.63) is 16.6 Å². The lowest BCUT2D eigenvalue weighted by molar-refractivity contribution is 0.00744. The highest BCUT2D eigenvalue weighted by atomic mass is 79.9. The second-order valence-electron chi connectivity index (χ2n) is 6.26. The fraction of sp³-hybridized carbons (Fsp3) is 0.625. The molecule has 0 bridgehead atoms. The highest BCUT2D eigenvalue weighted by molar-refractivity contribution is 9.10. The Kier molecular flexibility index (Phi) is 5.39. The molecule has 0 saturated carbocycles. The Labute approximate surface area is 151 Å². The summed E-state index contributed by atoms with van der Waals surface area (Å²) in [4.78, 5) is 2.44. The average molecular weight is 419 g/mol. The molecule has 1 N–H and O–H groups in total. The van der Waals surface area contributed by atoms with Crippen molar-refractivity contribution in [3.8, 4) is 5.75 Å². The third-order valence-corrected chi connectivity index (χ3v) is 6.71. The number of anilines is 1. The Hall–Kier alpha value is -0.830. The summed E-state index contributed by atoms with van der Waals surface area (Å²) in [5, 5.41) is 0. The first kappa shape index (κ1) is 18.0. The van der Waals surface area contributed by atoms with Gasteiger partial charge >= 0.3 is 0 Å². The molecule has 0 amide bonds. The molecule has 1 aromatic carbocycles. The van der Waals surface area contributed by atoms with Crippen LogP contribution in [0.25, 0.3) is 0 Å². The molecule has 1 saturated heterocycles. The molecule has 1 atom stereocenters. The summed E-state index contributed by atoms with van der Waals surface area (Å²) < 4.78 is 40.0. The number of fused-ring (bicyclic) bond motifs is 1. The van der Waals surface area contributed by atoms with Crippen molar-refractivity contribution in [1.29, 1.82) is 0 Å². The van der Waals surface area contributed by atoms with Gasteiger partial charge in [-0.05, 0) is 28.4 Å². The van der Waals surface area contributed by atoms with E-state index >= 15 is 0 Å². The summed E-state index contributed by atoms with van der Waals surface area (Å²) in [5.74, 6) is 0.510. The minimum atomic E-state index is -3.59. The topological polar surface area (TPSA) is 67.9 Å². The Morgan fingerprint density at radius 2 is 2.17 bits per heavy atom. The van der Waals surface area contributed by atoms with Crippen molar-refractivity contribution in [1.82, 2.24) is 4.72 Å². The third-order valence-electron chi connectivity index (χ3n) is 4.54. The second kappa shape index (κ2) is 7.19. The molecule has 1 aromatic rings. The number of nitrogens with one attached hydrogen (secondary N) is 1. The van der Waals surface area contributed by atoms with Gasteiger partial charge in [-0.1, -0.05) is 19.8 Å². The lowest BCUT2D eigenvalue weighted by atomic mass is 10.1. The number of sulfonamides is 1. The fourth-order valence-corrected chi connectivity index (χ4v) is 5.09. The number of ether oxygens (including phenoxy) is 2. The van der Waals surface area contributed by atoms with Crippen LogP contribution in [-0.4, -0.2) is 47.4 Å². The van der Waals surface area contributed by atoms with Crippen molar-refractivity contribution >= 4 is 31.6 Å². The lowest BCUT2D eigenvalue weighted by Gasteiger charge is -2.40. The van der Waals surface area contributed by atoms with E-state index in [1.54, 1.807) is 6.07 Å². The summed E-state index contributed by atoms with van der Waals surface area (Å²) in [5.41, 5.74) is 0.711. The molecule has 24 heavy (non-hydrogen) atoms. The summed E-state index contributed by atoms with van der Waals surface area (Å²) in [6.07, 6.45) is 2.86. The van der Waals surface area contributed by atoms with Gasteiger partial charge in [-0.2, -0.15) is 0 Å². The van der Waals surface area contributed by atoms with Crippen molar-refractivity contribution in [2.75, 3.05) is 31.8 Å². The van der Waals surface area contributed by atoms with Crippen LogP contribution in [0, 0.1) is 0 Å². The number of benzene rings is 1. The lowest BCUT2D eigenvalue weighted by Crippen LogP contribution is -2.52. The Balaban J connectivity index is 2.06.